The molecule has 0 aliphatic heterocycles. The summed E-state index contributed by atoms with van der Waals surface area (Å²) < 4.78 is 10.8. The van der Waals surface area contributed by atoms with Crippen molar-refractivity contribution in [1.29, 1.82) is 0 Å². The Labute approximate surface area is 144 Å². The number of benzene rings is 2. The number of anilines is 1. The van der Waals surface area contributed by atoms with Gasteiger partial charge in [-0.15, -0.1) is 11.3 Å². The van der Waals surface area contributed by atoms with Crippen LogP contribution >= 0.6 is 11.3 Å². The largest absolute Gasteiger partial charge is 0.497 e. The van der Waals surface area contributed by atoms with Crippen LogP contribution in [0.4, 0.5) is 5.69 Å². The lowest BCUT2D eigenvalue weighted by Crippen LogP contribution is -2.10. The molecule has 0 saturated carbocycles. The van der Waals surface area contributed by atoms with E-state index in [1.54, 1.807) is 7.11 Å². The van der Waals surface area contributed by atoms with Gasteiger partial charge in [0.05, 0.1) is 12.0 Å². The van der Waals surface area contributed by atoms with Gasteiger partial charge in [0.1, 0.15) is 18.1 Å². The van der Waals surface area contributed by atoms with E-state index >= 15 is 0 Å². The Hall–Kier alpha value is -2.79. The van der Waals surface area contributed by atoms with Gasteiger partial charge in [-0.05, 0) is 47.8 Å². The molecule has 24 heavy (non-hydrogen) atoms. The number of methoxy groups -OCH3 is 1. The van der Waals surface area contributed by atoms with Gasteiger partial charge in [0.15, 0.2) is 0 Å². The summed E-state index contributed by atoms with van der Waals surface area (Å²) >= 11 is 1.40. The maximum atomic E-state index is 12.3. The third-order valence-electron chi connectivity index (χ3n) is 3.37. The van der Waals surface area contributed by atoms with Crippen molar-refractivity contribution in [2.75, 3.05) is 12.4 Å². The predicted octanol–water partition coefficient (Wildman–Crippen LogP) is 4.59. The summed E-state index contributed by atoms with van der Waals surface area (Å²) in [6, 6.07) is 18.7. The maximum Gasteiger partial charge on any atom is 0.265 e. The van der Waals surface area contributed by atoms with E-state index in [0.29, 0.717) is 11.5 Å². The third-order valence-corrected chi connectivity index (χ3v) is 4.35. The predicted molar refractivity (Wildman–Crippen MR) is 96.0 cm³/mol. The van der Waals surface area contributed by atoms with Gasteiger partial charge in [-0.25, -0.2) is 0 Å². The molecule has 1 aromatic heterocycles. The highest BCUT2D eigenvalue weighted by atomic mass is 32.1. The molecule has 0 saturated heterocycles. The first-order valence-electron chi connectivity index (χ1n) is 7.45. The summed E-state index contributed by atoms with van der Waals surface area (Å²) in [6.07, 6.45) is 0. The van der Waals surface area contributed by atoms with E-state index in [1.165, 1.54) is 11.3 Å². The number of nitrogens with one attached hydrogen (secondary N) is 1. The molecule has 5 heteroatoms. The van der Waals surface area contributed by atoms with Crippen LogP contribution in [0.15, 0.2) is 66.0 Å². The summed E-state index contributed by atoms with van der Waals surface area (Å²) in [5, 5.41) is 4.81. The van der Waals surface area contributed by atoms with Crippen LogP contribution in [0.3, 0.4) is 0 Å². The van der Waals surface area contributed by atoms with E-state index in [-0.39, 0.29) is 5.91 Å². The lowest BCUT2D eigenvalue weighted by atomic mass is 10.3. The SMILES string of the molecule is COc1ccc(NC(=O)c2cc(COc3ccccc3)cs2)cc1. The summed E-state index contributed by atoms with van der Waals surface area (Å²) in [4.78, 5) is 12.9. The first-order chi connectivity index (χ1) is 11.7. The molecule has 1 heterocycles. The minimum Gasteiger partial charge on any atom is -0.497 e. The van der Waals surface area contributed by atoms with Gasteiger partial charge in [-0.1, -0.05) is 18.2 Å². The number of thiophene rings is 1. The van der Waals surface area contributed by atoms with Gasteiger partial charge >= 0.3 is 0 Å². The maximum absolute atomic E-state index is 12.3. The smallest absolute Gasteiger partial charge is 0.265 e. The fourth-order valence-electron chi connectivity index (χ4n) is 2.12. The van der Waals surface area contributed by atoms with Crippen molar-refractivity contribution in [2.45, 2.75) is 6.61 Å². The molecule has 3 rings (SSSR count). The molecule has 1 amide bonds. The molecule has 0 unspecified atom stereocenters. The molecule has 0 aliphatic carbocycles. The summed E-state index contributed by atoms with van der Waals surface area (Å²) in [5.74, 6) is 1.44. The standard InChI is InChI=1S/C19H17NO3S/c1-22-16-9-7-15(8-10-16)20-19(21)18-11-14(13-24-18)12-23-17-5-3-2-4-6-17/h2-11,13H,12H2,1H3,(H,20,21). The molecule has 3 aromatic rings. The van der Waals surface area contributed by atoms with Crippen LogP contribution in [0.1, 0.15) is 15.2 Å². The molecular weight excluding hydrogens is 322 g/mol. The van der Waals surface area contributed by atoms with Gasteiger partial charge in [0.2, 0.25) is 0 Å². The fraction of sp³-hybridized carbons (Fsp3) is 0.105. The van der Waals surface area contributed by atoms with Crippen molar-refractivity contribution in [3.63, 3.8) is 0 Å². The minimum atomic E-state index is -0.129. The lowest BCUT2D eigenvalue weighted by Gasteiger charge is -2.05. The number of hydrogen-bond acceptors (Lipinski definition) is 4. The molecule has 2 aromatic carbocycles. The second-order valence-corrected chi connectivity index (χ2v) is 6.01. The van der Waals surface area contributed by atoms with Crippen LogP contribution < -0.4 is 14.8 Å². The zero-order valence-corrected chi connectivity index (χ0v) is 14.0. The number of rotatable bonds is 6. The van der Waals surface area contributed by atoms with Crippen molar-refractivity contribution >= 4 is 22.9 Å². The van der Waals surface area contributed by atoms with Crippen molar-refractivity contribution in [3.05, 3.63) is 76.5 Å². The van der Waals surface area contributed by atoms with E-state index in [9.17, 15) is 4.79 Å². The third kappa shape index (κ3) is 4.14. The lowest BCUT2D eigenvalue weighted by molar-refractivity contribution is 0.103. The van der Waals surface area contributed by atoms with Crippen LogP contribution in [0, 0.1) is 0 Å². The van der Waals surface area contributed by atoms with E-state index in [1.807, 2.05) is 66.0 Å². The summed E-state index contributed by atoms with van der Waals surface area (Å²) in [6.45, 7) is 0.441. The Kier molecular flexibility index (Phi) is 5.13. The molecule has 0 bridgehead atoms. The summed E-state index contributed by atoms with van der Waals surface area (Å²) in [5.41, 5.74) is 1.71. The van der Waals surface area contributed by atoms with Gasteiger partial charge in [0, 0.05) is 11.3 Å². The Morgan fingerprint density at radius 2 is 1.79 bits per heavy atom. The highest BCUT2D eigenvalue weighted by Gasteiger charge is 2.10. The number of para-hydroxylation sites is 1. The van der Waals surface area contributed by atoms with E-state index in [0.717, 1.165) is 22.7 Å². The highest BCUT2D eigenvalue weighted by Crippen LogP contribution is 2.20. The van der Waals surface area contributed by atoms with E-state index in [2.05, 4.69) is 5.32 Å². The second kappa shape index (κ2) is 7.66. The average Bonchev–Trinajstić information content (AvgIpc) is 3.11. The normalized spacial score (nSPS) is 10.2. The average molecular weight is 339 g/mol. The number of amides is 1. The van der Waals surface area contributed by atoms with Crippen LogP contribution in [0.2, 0.25) is 0 Å². The topological polar surface area (TPSA) is 47.6 Å². The van der Waals surface area contributed by atoms with Crippen LogP contribution in [-0.2, 0) is 6.61 Å². The Morgan fingerprint density at radius 3 is 2.50 bits per heavy atom. The molecular formula is C19H17NO3S. The Balaban J connectivity index is 1.58. The quantitative estimate of drug-likeness (QED) is 0.714. The number of carbonyl (C=O) groups excluding carboxylic acids is 1. The Bertz CT molecular complexity index is 797. The first-order valence-corrected chi connectivity index (χ1v) is 8.33. The molecule has 122 valence electrons. The molecule has 0 fully saturated rings. The van der Waals surface area contributed by atoms with Gasteiger partial charge in [-0.3, -0.25) is 4.79 Å². The molecule has 4 nitrogen and oxygen atoms in total. The number of carbonyl (C=O) groups is 1. The van der Waals surface area contributed by atoms with Gasteiger partial charge in [-0.2, -0.15) is 0 Å². The van der Waals surface area contributed by atoms with Crippen LogP contribution in [-0.4, -0.2) is 13.0 Å². The highest BCUT2D eigenvalue weighted by molar-refractivity contribution is 7.12. The van der Waals surface area contributed by atoms with E-state index < -0.39 is 0 Å². The van der Waals surface area contributed by atoms with Crippen molar-refractivity contribution in [3.8, 4) is 11.5 Å². The van der Waals surface area contributed by atoms with Gasteiger partial charge in [0.25, 0.3) is 5.91 Å². The van der Waals surface area contributed by atoms with Gasteiger partial charge < -0.3 is 14.8 Å². The van der Waals surface area contributed by atoms with Crippen molar-refractivity contribution in [2.24, 2.45) is 0 Å². The molecule has 0 atom stereocenters. The minimum absolute atomic E-state index is 0.129. The fourth-order valence-corrected chi connectivity index (χ4v) is 2.91. The number of hydrogen-bond donors (Lipinski definition) is 1. The van der Waals surface area contributed by atoms with Crippen LogP contribution in [0.5, 0.6) is 11.5 Å². The summed E-state index contributed by atoms with van der Waals surface area (Å²) in [7, 11) is 1.61. The van der Waals surface area contributed by atoms with Crippen LogP contribution in [0.25, 0.3) is 0 Å². The number of ether oxygens (including phenoxy) is 2. The zero-order chi connectivity index (χ0) is 16.8. The Morgan fingerprint density at radius 1 is 1.04 bits per heavy atom. The zero-order valence-electron chi connectivity index (χ0n) is 13.2. The molecule has 0 spiro atoms. The second-order valence-electron chi connectivity index (χ2n) is 5.10. The molecule has 1 N–H and O–H groups in total. The monoisotopic (exact) mass is 339 g/mol. The molecule has 0 aliphatic rings. The van der Waals surface area contributed by atoms with Crippen molar-refractivity contribution < 1.29 is 14.3 Å². The van der Waals surface area contributed by atoms with Crippen molar-refractivity contribution in [1.82, 2.24) is 0 Å². The first kappa shape index (κ1) is 16.1. The molecule has 0 radical (unpaired) electrons. The van der Waals surface area contributed by atoms with E-state index in [4.69, 9.17) is 9.47 Å².